The molecule has 0 spiro atoms. The van der Waals surface area contributed by atoms with Crippen LogP contribution in [-0.2, 0) is 0 Å². The lowest BCUT2D eigenvalue weighted by Gasteiger charge is -2.41. The van der Waals surface area contributed by atoms with Gasteiger partial charge in [-0.2, -0.15) is 0 Å². The molecule has 0 amide bonds. The predicted octanol–water partition coefficient (Wildman–Crippen LogP) is 5.36. The number of halogens is 1. The molecule has 1 fully saturated rings. The van der Waals surface area contributed by atoms with Crippen LogP contribution in [-0.4, -0.2) is 64.2 Å². The Hall–Kier alpha value is -1.90. The van der Waals surface area contributed by atoms with Crippen LogP contribution in [0.3, 0.4) is 0 Å². The van der Waals surface area contributed by atoms with Crippen molar-refractivity contribution in [3.05, 3.63) is 59.4 Å². The second-order valence-electron chi connectivity index (χ2n) is 9.33. The highest BCUT2D eigenvalue weighted by Crippen LogP contribution is 2.40. The molecule has 0 aliphatic carbocycles. The van der Waals surface area contributed by atoms with Gasteiger partial charge in [0, 0.05) is 35.7 Å². The average molecular weight is 516 g/mol. The number of rotatable bonds is 11. The number of benzene rings is 1. The molecule has 0 unspecified atom stereocenters. The number of thioether (sulfide) groups is 1. The summed E-state index contributed by atoms with van der Waals surface area (Å²) < 4.78 is 5.36. The first-order valence-electron chi connectivity index (χ1n) is 12.2. The Morgan fingerprint density at radius 2 is 2.03 bits per heavy atom. The van der Waals surface area contributed by atoms with Crippen LogP contribution in [0.2, 0.25) is 5.02 Å². The highest BCUT2D eigenvalue weighted by molar-refractivity contribution is 7.99. The fourth-order valence-corrected chi connectivity index (χ4v) is 5.93. The molecule has 1 aliphatic rings. The summed E-state index contributed by atoms with van der Waals surface area (Å²) >= 11 is 8.28. The van der Waals surface area contributed by atoms with E-state index in [1.165, 1.54) is 0 Å². The van der Waals surface area contributed by atoms with Gasteiger partial charge in [0.1, 0.15) is 5.75 Å². The molecule has 0 saturated carbocycles. The zero-order chi connectivity index (χ0) is 24.7. The van der Waals surface area contributed by atoms with Gasteiger partial charge in [0.15, 0.2) is 0 Å². The first kappa shape index (κ1) is 26.2. The molecule has 0 bridgehead atoms. The molecule has 2 N–H and O–H groups in total. The SMILES string of the molecule is COc1ccc2ncc(Cl)c([C@@H](O)CCC3(CO)CCN(CCCSc4ccccn4)CC3)c2c1. The van der Waals surface area contributed by atoms with Crippen molar-refractivity contribution in [2.24, 2.45) is 5.41 Å². The Kier molecular flexibility index (Phi) is 9.25. The lowest BCUT2D eigenvalue weighted by molar-refractivity contribution is 0.0238. The quantitative estimate of drug-likeness (QED) is 0.263. The molecule has 0 radical (unpaired) electrons. The molecule has 188 valence electrons. The van der Waals surface area contributed by atoms with E-state index in [9.17, 15) is 10.2 Å². The van der Waals surface area contributed by atoms with Crippen molar-refractivity contribution in [3.63, 3.8) is 0 Å². The summed E-state index contributed by atoms with van der Waals surface area (Å²) in [5, 5.41) is 23.8. The Bertz CT molecular complexity index is 1090. The van der Waals surface area contributed by atoms with Crippen LogP contribution in [0, 0.1) is 5.41 Å². The number of likely N-dealkylation sites (tertiary alicyclic amines) is 1. The van der Waals surface area contributed by atoms with Crippen molar-refractivity contribution >= 4 is 34.3 Å². The van der Waals surface area contributed by atoms with E-state index in [0.717, 1.165) is 67.0 Å². The maximum atomic E-state index is 11.1. The van der Waals surface area contributed by atoms with Gasteiger partial charge in [-0.3, -0.25) is 4.98 Å². The van der Waals surface area contributed by atoms with Gasteiger partial charge in [-0.05, 0) is 87.5 Å². The first-order chi connectivity index (χ1) is 17.0. The van der Waals surface area contributed by atoms with Crippen molar-refractivity contribution in [3.8, 4) is 5.75 Å². The molecule has 1 saturated heterocycles. The van der Waals surface area contributed by atoms with Gasteiger partial charge >= 0.3 is 0 Å². The van der Waals surface area contributed by atoms with E-state index in [2.05, 4.69) is 14.9 Å². The Morgan fingerprint density at radius 1 is 1.20 bits per heavy atom. The average Bonchev–Trinajstić information content (AvgIpc) is 2.90. The minimum Gasteiger partial charge on any atom is -0.497 e. The highest BCUT2D eigenvalue weighted by Gasteiger charge is 2.34. The van der Waals surface area contributed by atoms with Gasteiger partial charge < -0.3 is 19.8 Å². The summed E-state index contributed by atoms with van der Waals surface area (Å²) in [5.74, 6) is 1.75. The van der Waals surface area contributed by atoms with Crippen LogP contribution in [0.5, 0.6) is 5.75 Å². The first-order valence-corrected chi connectivity index (χ1v) is 13.6. The van der Waals surface area contributed by atoms with Gasteiger partial charge in [-0.15, -0.1) is 11.8 Å². The fraction of sp³-hybridized carbons (Fsp3) is 0.481. The third kappa shape index (κ3) is 6.66. The molecule has 1 aliphatic heterocycles. The van der Waals surface area contributed by atoms with E-state index in [0.29, 0.717) is 22.8 Å². The smallest absolute Gasteiger partial charge is 0.119 e. The van der Waals surface area contributed by atoms with Gasteiger partial charge in [-0.25, -0.2) is 4.98 Å². The zero-order valence-corrected chi connectivity index (χ0v) is 21.8. The van der Waals surface area contributed by atoms with E-state index in [1.807, 2.05) is 42.6 Å². The number of aliphatic hydroxyl groups is 2. The van der Waals surface area contributed by atoms with Crippen LogP contribution >= 0.6 is 23.4 Å². The number of hydrogen-bond acceptors (Lipinski definition) is 7. The number of aliphatic hydroxyl groups excluding tert-OH is 2. The molecule has 3 aromatic rings. The van der Waals surface area contributed by atoms with Crippen molar-refractivity contribution in [1.82, 2.24) is 14.9 Å². The number of piperidine rings is 1. The monoisotopic (exact) mass is 515 g/mol. The molecule has 8 heteroatoms. The molecule has 6 nitrogen and oxygen atoms in total. The van der Waals surface area contributed by atoms with Gasteiger partial charge in [0.25, 0.3) is 0 Å². The van der Waals surface area contributed by atoms with Crippen molar-refractivity contribution in [1.29, 1.82) is 0 Å². The summed E-state index contributed by atoms with van der Waals surface area (Å²) in [6, 6.07) is 11.6. The predicted molar refractivity (Wildman–Crippen MR) is 142 cm³/mol. The summed E-state index contributed by atoms with van der Waals surface area (Å²) in [4.78, 5) is 11.2. The van der Waals surface area contributed by atoms with E-state index in [-0.39, 0.29) is 12.0 Å². The van der Waals surface area contributed by atoms with E-state index in [4.69, 9.17) is 16.3 Å². The minimum atomic E-state index is -0.731. The number of methoxy groups -OCH3 is 1. The summed E-state index contributed by atoms with van der Waals surface area (Å²) in [6.07, 6.45) is 6.97. The fourth-order valence-electron chi connectivity index (χ4n) is 4.86. The van der Waals surface area contributed by atoms with Crippen LogP contribution in [0.25, 0.3) is 10.9 Å². The van der Waals surface area contributed by atoms with Crippen LogP contribution in [0.15, 0.2) is 53.8 Å². The van der Waals surface area contributed by atoms with Crippen molar-refractivity contribution in [2.45, 2.75) is 43.2 Å². The number of ether oxygens (including phenoxy) is 1. The van der Waals surface area contributed by atoms with E-state index >= 15 is 0 Å². The van der Waals surface area contributed by atoms with E-state index < -0.39 is 6.10 Å². The Labute approximate surface area is 216 Å². The number of fused-ring (bicyclic) bond motifs is 1. The van der Waals surface area contributed by atoms with Gasteiger partial charge in [-0.1, -0.05) is 17.7 Å². The third-order valence-electron chi connectivity index (χ3n) is 7.11. The summed E-state index contributed by atoms with van der Waals surface area (Å²) in [7, 11) is 1.62. The Balaban J connectivity index is 1.30. The number of aromatic nitrogens is 2. The molecule has 4 rings (SSSR count). The van der Waals surface area contributed by atoms with Gasteiger partial charge in [0.2, 0.25) is 0 Å². The molecule has 35 heavy (non-hydrogen) atoms. The van der Waals surface area contributed by atoms with Crippen LogP contribution in [0.4, 0.5) is 0 Å². The lowest BCUT2D eigenvalue weighted by Crippen LogP contribution is -2.42. The molecular formula is C27H34ClN3O3S. The molecule has 1 aromatic carbocycles. The summed E-state index contributed by atoms with van der Waals surface area (Å²) in [6.45, 7) is 3.15. The van der Waals surface area contributed by atoms with Crippen LogP contribution < -0.4 is 4.74 Å². The largest absolute Gasteiger partial charge is 0.497 e. The van der Waals surface area contributed by atoms with E-state index in [1.54, 1.807) is 25.1 Å². The normalized spacial score (nSPS) is 16.9. The van der Waals surface area contributed by atoms with Crippen LogP contribution in [0.1, 0.15) is 43.8 Å². The molecule has 1 atom stereocenters. The van der Waals surface area contributed by atoms with Gasteiger partial charge in [0.05, 0.1) is 28.8 Å². The maximum absolute atomic E-state index is 11.1. The van der Waals surface area contributed by atoms with Crippen molar-refractivity contribution in [2.75, 3.05) is 39.1 Å². The van der Waals surface area contributed by atoms with Crippen molar-refractivity contribution < 1.29 is 14.9 Å². The molecule has 2 aromatic heterocycles. The minimum absolute atomic E-state index is 0.141. The number of hydrogen-bond donors (Lipinski definition) is 2. The molecule has 3 heterocycles. The lowest BCUT2D eigenvalue weighted by atomic mass is 9.74. The maximum Gasteiger partial charge on any atom is 0.119 e. The topological polar surface area (TPSA) is 78.7 Å². The number of nitrogens with zero attached hydrogens (tertiary/aromatic N) is 3. The third-order valence-corrected chi connectivity index (χ3v) is 8.44. The number of pyridine rings is 2. The standard InChI is InChI=1S/C27H34ClN3O3S/c1-34-20-6-7-23-21(17-20)26(22(28)18-30-23)24(33)8-9-27(19-32)10-14-31(15-11-27)13-4-16-35-25-5-2-3-12-29-25/h2-3,5-7,12,17-18,24,32-33H,4,8-11,13-16,19H2,1H3/t24-/m0/s1. The molecular weight excluding hydrogens is 482 g/mol. The summed E-state index contributed by atoms with van der Waals surface area (Å²) in [5.41, 5.74) is 1.30. The highest BCUT2D eigenvalue weighted by atomic mass is 35.5. The second kappa shape index (κ2) is 12.4. The Morgan fingerprint density at radius 3 is 2.74 bits per heavy atom. The zero-order valence-electron chi connectivity index (χ0n) is 20.2. The second-order valence-corrected chi connectivity index (χ2v) is 10.8.